The maximum Gasteiger partial charge on any atom is -0.0251 e. The van der Waals surface area contributed by atoms with Crippen molar-refractivity contribution in [2.45, 2.75) is 13.8 Å². The van der Waals surface area contributed by atoms with Gasteiger partial charge in [0.15, 0.2) is 0 Å². The first-order valence-electron chi connectivity index (χ1n) is 8.29. The van der Waals surface area contributed by atoms with Gasteiger partial charge in [0.25, 0.3) is 0 Å². The molecule has 0 heterocycles. The molecule has 0 saturated carbocycles. The predicted molar refractivity (Wildman–Crippen MR) is 107 cm³/mol. The molecule has 3 aromatic carbocycles. The summed E-state index contributed by atoms with van der Waals surface area (Å²) in [6.45, 7) is 4.27. The molecule has 0 atom stereocenters. The van der Waals surface area contributed by atoms with Crippen molar-refractivity contribution < 1.29 is 0 Å². The molecule has 0 aliphatic heterocycles. The quantitative estimate of drug-likeness (QED) is 0.473. The van der Waals surface area contributed by atoms with E-state index in [2.05, 4.69) is 105 Å². The number of hydrogen-bond donors (Lipinski definition) is 0. The first kappa shape index (κ1) is 16.0. The highest BCUT2D eigenvalue weighted by molar-refractivity contribution is 5.73. The van der Waals surface area contributed by atoms with Gasteiger partial charge in [-0.3, -0.25) is 0 Å². The highest BCUT2D eigenvalue weighted by Crippen LogP contribution is 2.14. The normalized spacial score (nSPS) is 11.4. The van der Waals surface area contributed by atoms with Crippen molar-refractivity contribution in [1.82, 2.24) is 0 Å². The Morgan fingerprint density at radius 1 is 0.458 bits per heavy atom. The zero-order chi connectivity index (χ0) is 16.8. The fourth-order valence-electron chi connectivity index (χ4n) is 2.77. The molecule has 0 radical (unpaired) electrons. The van der Waals surface area contributed by atoms with Crippen molar-refractivity contribution >= 4 is 24.3 Å². The van der Waals surface area contributed by atoms with Crippen LogP contribution in [-0.4, -0.2) is 0 Å². The Labute approximate surface area is 144 Å². The van der Waals surface area contributed by atoms with E-state index in [1.807, 2.05) is 6.07 Å². The van der Waals surface area contributed by atoms with Crippen molar-refractivity contribution in [2.24, 2.45) is 0 Å². The summed E-state index contributed by atoms with van der Waals surface area (Å²) in [7, 11) is 0. The van der Waals surface area contributed by atoms with Crippen molar-refractivity contribution in [2.75, 3.05) is 0 Å². The van der Waals surface area contributed by atoms with Crippen LogP contribution in [0.1, 0.15) is 33.4 Å². The highest BCUT2D eigenvalue weighted by atomic mass is 14.0. The Morgan fingerprint density at radius 3 is 1.38 bits per heavy atom. The zero-order valence-corrected chi connectivity index (χ0v) is 14.2. The molecule has 0 spiro atoms. The lowest BCUT2D eigenvalue weighted by Crippen LogP contribution is -1.80. The van der Waals surface area contributed by atoms with E-state index < -0.39 is 0 Å². The van der Waals surface area contributed by atoms with Crippen LogP contribution in [0.15, 0.2) is 72.8 Å². The van der Waals surface area contributed by atoms with Gasteiger partial charge in [0.2, 0.25) is 0 Å². The summed E-state index contributed by atoms with van der Waals surface area (Å²) >= 11 is 0. The average Bonchev–Trinajstić information content (AvgIpc) is 2.59. The van der Waals surface area contributed by atoms with Gasteiger partial charge in [-0.25, -0.2) is 0 Å². The van der Waals surface area contributed by atoms with Crippen molar-refractivity contribution in [3.8, 4) is 0 Å². The number of rotatable bonds is 4. The van der Waals surface area contributed by atoms with Gasteiger partial charge < -0.3 is 0 Å². The molecule has 3 rings (SSSR count). The Kier molecular flexibility index (Phi) is 5.08. The first-order valence-corrected chi connectivity index (χ1v) is 8.29. The van der Waals surface area contributed by atoms with E-state index in [1.165, 1.54) is 33.4 Å². The molecule has 0 nitrogen and oxygen atoms in total. The summed E-state index contributed by atoms with van der Waals surface area (Å²) < 4.78 is 0. The molecule has 0 bridgehead atoms. The standard InChI is InChI=1S/C24H22/c1-19-16-20(2)18-24(17-19)15-14-23-12-10-22(11-13-23)9-8-21-6-4-3-5-7-21/h3-18H,1-2H3/b9-8+,15-14+. The SMILES string of the molecule is Cc1cc(C)cc(/C=C/c2ccc(/C=C/c3ccccc3)cc2)c1. The number of benzene rings is 3. The predicted octanol–water partition coefficient (Wildman–Crippen LogP) is 6.64. The molecule has 0 amide bonds. The van der Waals surface area contributed by atoms with Crippen LogP contribution in [0, 0.1) is 13.8 Å². The second kappa shape index (κ2) is 7.61. The average molecular weight is 310 g/mol. The Balaban J connectivity index is 1.70. The van der Waals surface area contributed by atoms with Crippen LogP contribution in [0.5, 0.6) is 0 Å². The molecule has 0 N–H and O–H groups in total. The van der Waals surface area contributed by atoms with Crippen LogP contribution >= 0.6 is 0 Å². The highest BCUT2D eigenvalue weighted by Gasteiger charge is 1.93. The van der Waals surface area contributed by atoms with Gasteiger partial charge in [0, 0.05) is 0 Å². The summed E-state index contributed by atoms with van der Waals surface area (Å²) in [5.74, 6) is 0. The van der Waals surface area contributed by atoms with Crippen LogP contribution in [0.4, 0.5) is 0 Å². The van der Waals surface area contributed by atoms with E-state index in [0.29, 0.717) is 0 Å². The van der Waals surface area contributed by atoms with Gasteiger partial charge >= 0.3 is 0 Å². The first-order chi connectivity index (χ1) is 11.7. The maximum absolute atomic E-state index is 2.21. The second-order valence-electron chi connectivity index (χ2n) is 6.17. The van der Waals surface area contributed by atoms with Gasteiger partial charge in [0.1, 0.15) is 0 Å². The van der Waals surface area contributed by atoms with E-state index in [9.17, 15) is 0 Å². The van der Waals surface area contributed by atoms with Crippen molar-refractivity contribution in [1.29, 1.82) is 0 Å². The fourth-order valence-corrected chi connectivity index (χ4v) is 2.77. The Morgan fingerprint density at radius 2 is 0.875 bits per heavy atom. The maximum atomic E-state index is 2.21. The molecule has 118 valence electrons. The molecular weight excluding hydrogens is 288 g/mol. The lowest BCUT2D eigenvalue weighted by Gasteiger charge is -2.00. The minimum atomic E-state index is 1.21. The molecule has 0 heteroatoms. The van der Waals surface area contributed by atoms with E-state index in [4.69, 9.17) is 0 Å². The number of hydrogen-bond acceptors (Lipinski definition) is 0. The fraction of sp³-hybridized carbons (Fsp3) is 0.0833. The smallest absolute Gasteiger partial charge is 0.0251 e. The third-order valence-corrected chi connectivity index (χ3v) is 3.92. The summed E-state index contributed by atoms with van der Waals surface area (Å²) in [5, 5.41) is 0. The second-order valence-corrected chi connectivity index (χ2v) is 6.17. The molecule has 0 aliphatic rings. The van der Waals surface area contributed by atoms with Gasteiger partial charge in [-0.1, -0.05) is 108 Å². The van der Waals surface area contributed by atoms with Crippen LogP contribution in [0.3, 0.4) is 0 Å². The minimum absolute atomic E-state index is 1.21. The van der Waals surface area contributed by atoms with Crippen LogP contribution < -0.4 is 0 Å². The monoisotopic (exact) mass is 310 g/mol. The Hall–Kier alpha value is -2.86. The van der Waals surface area contributed by atoms with E-state index in [0.717, 1.165) is 0 Å². The molecule has 0 fully saturated rings. The van der Waals surface area contributed by atoms with Gasteiger partial charge in [-0.05, 0) is 36.1 Å². The largest absolute Gasteiger partial charge is 0.0622 e. The Bertz CT molecular complexity index is 830. The van der Waals surface area contributed by atoms with E-state index >= 15 is 0 Å². The number of aryl methyl sites for hydroxylation is 2. The third-order valence-electron chi connectivity index (χ3n) is 3.92. The summed E-state index contributed by atoms with van der Waals surface area (Å²) in [5.41, 5.74) is 7.50. The summed E-state index contributed by atoms with van der Waals surface area (Å²) in [6.07, 6.45) is 8.63. The summed E-state index contributed by atoms with van der Waals surface area (Å²) in [6, 6.07) is 25.6. The minimum Gasteiger partial charge on any atom is -0.0622 e. The zero-order valence-electron chi connectivity index (χ0n) is 14.2. The van der Waals surface area contributed by atoms with Crippen LogP contribution in [0.2, 0.25) is 0 Å². The molecule has 0 aromatic heterocycles. The van der Waals surface area contributed by atoms with Crippen molar-refractivity contribution in [3.05, 3.63) is 106 Å². The third kappa shape index (κ3) is 4.57. The molecule has 0 saturated heterocycles. The topological polar surface area (TPSA) is 0 Å². The molecule has 0 unspecified atom stereocenters. The molecular formula is C24H22. The lowest BCUT2D eigenvalue weighted by atomic mass is 10.1. The summed E-state index contributed by atoms with van der Waals surface area (Å²) in [4.78, 5) is 0. The van der Waals surface area contributed by atoms with E-state index in [-0.39, 0.29) is 0 Å². The van der Waals surface area contributed by atoms with Crippen LogP contribution in [-0.2, 0) is 0 Å². The van der Waals surface area contributed by atoms with Gasteiger partial charge in [-0.15, -0.1) is 0 Å². The van der Waals surface area contributed by atoms with Gasteiger partial charge in [-0.2, -0.15) is 0 Å². The molecule has 0 aliphatic carbocycles. The molecule has 3 aromatic rings. The van der Waals surface area contributed by atoms with Gasteiger partial charge in [0.05, 0.1) is 0 Å². The van der Waals surface area contributed by atoms with Crippen molar-refractivity contribution in [3.63, 3.8) is 0 Å². The molecule has 24 heavy (non-hydrogen) atoms. The lowest BCUT2D eigenvalue weighted by molar-refractivity contribution is 1.37. The van der Waals surface area contributed by atoms with E-state index in [1.54, 1.807) is 0 Å². The van der Waals surface area contributed by atoms with Crippen LogP contribution in [0.25, 0.3) is 24.3 Å².